The molecule has 2 rings (SSSR count). The van der Waals surface area contributed by atoms with Gasteiger partial charge in [0.15, 0.2) is 5.69 Å². The molecule has 0 saturated heterocycles. The molecule has 20 heavy (non-hydrogen) atoms. The fourth-order valence-electron chi connectivity index (χ4n) is 1.77. The molecule has 0 fully saturated rings. The van der Waals surface area contributed by atoms with Crippen molar-refractivity contribution in [2.75, 3.05) is 6.54 Å². The molecule has 1 unspecified atom stereocenters. The number of hydrogen-bond donors (Lipinski definition) is 2. The summed E-state index contributed by atoms with van der Waals surface area (Å²) >= 11 is 6.11. The maximum Gasteiger partial charge on any atom is 0.272 e. The minimum atomic E-state index is -0.593. The van der Waals surface area contributed by atoms with Gasteiger partial charge in [0.1, 0.15) is 0 Å². The highest BCUT2D eigenvalue weighted by Crippen LogP contribution is 2.20. The van der Waals surface area contributed by atoms with E-state index in [-0.39, 0.29) is 12.5 Å². The third kappa shape index (κ3) is 3.18. The van der Waals surface area contributed by atoms with E-state index in [1.54, 1.807) is 30.8 Å². The lowest BCUT2D eigenvalue weighted by molar-refractivity contribution is 0.0918. The lowest BCUT2D eigenvalue weighted by Gasteiger charge is -2.06. The van der Waals surface area contributed by atoms with E-state index < -0.39 is 6.10 Å². The number of carbonyl (C=O) groups is 1. The summed E-state index contributed by atoms with van der Waals surface area (Å²) in [7, 11) is 0. The average Bonchev–Trinajstić information content (AvgIpc) is 2.78. The van der Waals surface area contributed by atoms with Crippen molar-refractivity contribution in [2.24, 2.45) is 0 Å². The third-order valence-electron chi connectivity index (χ3n) is 2.77. The van der Waals surface area contributed by atoms with Crippen LogP contribution < -0.4 is 5.32 Å². The Hall–Kier alpha value is -1.85. The van der Waals surface area contributed by atoms with Gasteiger partial charge in [0.25, 0.3) is 5.91 Å². The normalized spacial score (nSPS) is 12.2. The second-order valence-electron chi connectivity index (χ2n) is 4.62. The van der Waals surface area contributed by atoms with E-state index >= 15 is 0 Å². The van der Waals surface area contributed by atoms with E-state index in [0.29, 0.717) is 16.4 Å². The van der Waals surface area contributed by atoms with Crippen LogP contribution in [0.4, 0.5) is 0 Å². The molecule has 0 bridgehead atoms. The second-order valence-corrected chi connectivity index (χ2v) is 5.02. The number of hydrogen-bond acceptors (Lipinski definition) is 3. The molecule has 0 radical (unpaired) electrons. The topological polar surface area (TPSA) is 67.2 Å². The first kappa shape index (κ1) is 14.6. The highest BCUT2D eigenvalue weighted by Gasteiger charge is 2.15. The number of carbonyl (C=O) groups excluding carboxylic acids is 1. The zero-order chi connectivity index (χ0) is 14.7. The van der Waals surface area contributed by atoms with Crippen molar-refractivity contribution >= 4 is 17.5 Å². The Morgan fingerprint density at radius 3 is 2.85 bits per heavy atom. The second kappa shape index (κ2) is 6.07. The Balaban J connectivity index is 2.26. The Kier molecular flexibility index (Phi) is 4.42. The molecule has 0 spiro atoms. The fourth-order valence-corrected chi connectivity index (χ4v) is 1.99. The van der Waals surface area contributed by atoms with Gasteiger partial charge in [-0.2, -0.15) is 5.10 Å². The number of nitrogens with one attached hydrogen (secondary N) is 1. The smallest absolute Gasteiger partial charge is 0.272 e. The molecule has 0 aliphatic heterocycles. The van der Waals surface area contributed by atoms with Crippen LogP contribution in [0.2, 0.25) is 5.02 Å². The number of aliphatic hydroxyl groups is 1. The molecule has 106 valence electrons. The molecule has 2 aromatic rings. The third-order valence-corrected chi connectivity index (χ3v) is 3.09. The van der Waals surface area contributed by atoms with Crippen molar-refractivity contribution in [1.29, 1.82) is 0 Å². The van der Waals surface area contributed by atoms with Crippen molar-refractivity contribution in [3.05, 3.63) is 46.7 Å². The lowest BCUT2D eigenvalue weighted by Crippen LogP contribution is -2.31. The maximum atomic E-state index is 12.0. The Labute approximate surface area is 122 Å². The molecule has 0 saturated carbocycles. The van der Waals surface area contributed by atoms with Gasteiger partial charge in [0.05, 0.1) is 16.8 Å². The molecule has 0 aliphatic carbocycles. The Bertz CT molecular complexity index is 623. The molecule has 6 heteroatoms. The monoisotopic (exact) mass is 293 g/mol. The van der Waals surface area contributed by atoms with E-state index in [9.17, 15) is 9.90 Å². The highest BCUT2D eigenvalue weighted by molar-refractivity contribution is 6.32. The molecule has 1 atom stereocenters. The first-order chi connectivity index (χ1) is 9.49. The summed E-state index contributed by atoms with van der Waals surface area (Å²) < 4.78 is 1.58. The van der Waals surface area contributed by atoms with E-state index in [0.717, 1.165) is 5.56 Å². The van der Waals surface area contributed by atoms with Crippen LogP contribution in [-0.2, 0) is 0 Å². The van der Waals surface area contributed by atoms with Gasteiger partial charge >= 0.3 is 0 Å². The first-order valence-corrected chi connectivity index (χ1v) is 6.64. The molecule has 1 heterocycles. The van der Waals surface area contributed by atoms with Crippen molar-refractivity contribution in [3.8, 4) is 5.69 Å². The number of benzene rings is 1. The standard InChI is InChI=1S/C14H16ClN3O2/c1-9-8-18(12-6-4-3-5-11(12)15)17-13(9)14(20)16-7-10(2)19/h3-6,8,10,19H,7H2,1-2H3,(H,16,20). The van der Waals surface area contributed by atoms with Crippen molar-refractivity contribution in [2.45, 2.75) is 20.0 Å². The minimum Gasteiger partial charge on any atom is -0.392 e. The minimum absolute atomic E-state index is 0.192. The summed E-state index contributed by atoms with van der Waals surface area (Å²) in [6, 6.07) is 7.28. The number of para-hydroxylation sites is 1. The Morgan fingerprint density at radius 1 is 1.50 bits per heavy atom. The van der Waals surface area contributed by atoms with E-state index in [1.807, 2.05) is 18.2 Å². The lowest BCUT2D eigenvalue weighted by atomic mass is 10.2. The molecular formula is C14H16ClN3O2. The number of aromatic nitrogens is 2. The van der Waals surface area contributed by atoms with Crippen LogP contribution in [0, 0.1) is 6.92 Å². The number of aliphatic hydroxyl groups excluding tert-OH is 1. The van der Waals surface area contributed by atoms with Gasteiger partial charge in [-0.15, -0.1) is 0 Å². The van der Waals surface area contributed by atoms with Crippen LogP contribution in [-0.4, -0.2) is 33.4 Å². The van der Waals surface area contributed by atoms with Crippen LogP contribution in [0.1, 0.15) is 23.0 Å². The van der Waals surface area contributed by atoms with Gasteiger partial charge in [-0.1, -0.05) is 23.7 Å². The molecule has 0 aliphatic rings. The van der Waals surface area contributed by atoms with Gasteiger partial charge in [-0.05, 0) is 26.0 Å². The number of nitrogens with zero attached hydrogens (tertiary/aromatic N) is 2. The Morgan fingerprint density at radius 2 is 2.20 bits per heavy atom. The number of amides is 1. The van der Waals surface area contributed by atoms with Gasteiger partial charge in [0.2, 0.25) is 0 Å². The summed E-state index contributed by atoms with van der Waals surface area (Å²) in [6.45, 7) is 3.60. The molecule has 1 aromatic heterocycles. The number of rotatable bonds is 4. The van der Waals surface area contributed by atoms with E-state index in [4.69, 9.17) is 11.6 Å². The van der Waals surface area contributed by atoms with Crippen molar-refractivity contribution in [3.63, 3.8) is 0 Å². The first-order valence-electron chi connectivity index (χ1n) is 6.26. The van der Waals surface area contributed by atoms with Crippen LogP contribution in [0.5, 0.6) is 0 Å². The quantitative estimate of drug-likeness (QED) is 0.905. The van der Waals surface area contributed by atoms with Crippen LogP contribution in [0.3, 0.4) is 0 Å². The summed E-state index contributed by atoms with van der Waals surface area (Å²) in [6.07, 6.45) is 1.16. The SMILES string of the molecule is Cc1cn(-c2ccccc2Cl)nc1C(=O)NCC(C)O. The van der Waals surface area contributed by atoms with Gasteiger partial charge in [-0.25, -0.2) is 4.68 Å². The average molecular weight is 294 g/mol. The van der Waals surface area contributed by atoms with Gasteiger partial charge in [-0.3, -0.25) is 4.79 Å². The zero-order valence-corrected chi connectivity index (χ0v) is 12.1. The number of aryl methyl sites for hydroxylation is 1. The maximum absolute atomic E-state index is 12.0. The zero-order valence-electron chi connectivity index (χ0n) is 11.3. The van der Waals surface area contributed by atoms with E-state index in [1.165, 1.54) is 0 Å². The van der Waals surface area contributed by atoms with Crippen LogP contribution >= 0.6 is 11.6 Å². The molecule has 2 N–H and O–H groups in total. The molecule has 1 aromatic carbocycles. The highest BCUT2D eigenvalue weighted by atomic mass is 35.5. The van der Waals surface area contributed by atoms with Crippen molar-refractivity contribution in [1.82, 2.24) is 15.1 Å². The van der Waals surface area contributed by atoms with Gasteiger partial charge in [0, 0.05) is 18.3 Å². The van der Waals surface area contributed by atoms with Crippen molar-refractivity contribution < 1.29 is 9.90 Å². The van der Waals surface area contributed by atoms with Crippen LogP contribution in [0.25, 0.3) is 5.69 Å². The predicted molar refractivity (Wildman–Crippen MR) is 77.3 cm³/mol. The summed E-state index contributed by atoms with van der Waals surface area (Å²) in [5, 5.41) is 16.6. The van der Waals surface area contributed by atoms with Crippen LogP contribution in [0.15, 0.2) is 30.5 Å². The fraction of sp³-hybridized carbons (Fsp3) is 0.286. The molecule has 1 amide bonds. The molecular weight excluding hydrogens is 278 g/mol. The largest absolute Gasteiger partial charge is 0.392 e. The summed E-state index contributed by atoms with van der Waals surface area (Å²) in [5.74, 6) is -0.311. The number of halogens is 1. The van der Waals surface area contributed by atoms with E-state index in [2.05, 4.69) is 10.4 Å². The molecule has 5 nitrogen and oxygen atoms in total. The predicted octanol–water partition coefficient (Wildman–Crippen LogP) is 1.94. The summed E-state index contributed by atoms with van der Waals surface area (Å²) in [5.41, 5.74) is 1.78. The van der Waals surface area contributed by atoms with Gasteiger partial charge < -0.3 is 10.4 Å². The summed E-state index contributed by atoms with van der Waals surface area (Å²) in [4.78, 5) is 12.0.